The van der Waals surface area contributed by atoms with E-state index in [1.165, 1.54) is 7.11 Å². The third kappa shape index (κ3) is 2.43. The Labute approximate surface area is 109 Å². The van der Waals surface area contributed by atoms with Crippen LogP contribution in [0.4, 0.5) is 5.95 Å². The molecule has 1 aromatic rings. The Morgan fingerprint density at radius 3 is 2.68 bits per heavy atom. The van der Waals surface area contributed by atoms with E-state index in [-0.39, 0.29) is 18.5 Å². The van der Waals surface area contributed by atoms with Gasteiger partial charge in [-0.25, -0.2) is 0 Å². The number of nitrogens with zero attached hydrogens (tertiary/aromatic N) is 2. The minimum atomic E-state index is -0.958. The largest absolute Gasteiger partial charge is 0.481 e. The number of rotatable bonds is 5. The number of nitrogens with one attached hydrogen (secondary N) is 2. The number of hydrogen-bond donors (Lipinski definition) is 3. The van der Waals surface area contributed by atoms with E-state index in [9.17, 15) is 9.59 Å². The number of carbonyl (C=O) groups is 2. The number of aliphatic carboxylic acids is 1. The molecule has 0 aliphatic heterocycles. The predicted octanol–water partition coefficient (Wildman–Crippen LogP) is 0.246. The highest BCUT2D eigenvalue weighted by Gasteiger charge is 2.66. The van der Waals surface area contributed by atoms with Crippen molar-refractivity contribution in [3.63, 3.8) is 0 Å². The van der Waals surface area contributed by atoms with Crippen LogP contribution in [0.3, 0.4) is 0 Å². The summed E-state index contributed by atoms with van der Waals surface area (Å²) in [5, 5.41) is 17.9. The zero-order valence-electron chi connectivity index (χ0n) is 10.9. The topological polar surface area (TPSA) is 117 Å². The molecule has 1 aromatic heterocycles. The van der Waals surface area contributed by atoms with Gasteiger partial charge in [0, 0.05) is 7.11 Å². The van der Waals surface area contributed by atoms with Gasteiger partial charge in [0.05, 0.1) is 11.8 Å². The molecule has 1 aliphatic carbocycles. The fraction of sp³-hybridized carbons (Fsp3) is 0.636. The van der Waals surface area contributed by atoms with E-state index in [0.717, 1.165) is 0 Å². The minimum absolute atomic E-state index is 0.129. The Morgan fingerprint density at radius 2 is 2.16 bits per heavy atom. The summed E-state index contributed by atoms with van der Waals surface area (Å²) in [5.74, 6) is -1.94. The van der Waals surface area contributed by atoms with Gasteiger partial charge in [0.1, 0.15) is 6.61 Å². The summed E-state index contributed by atoms with van der Waals surface area (Å²) in [5.41, 5.74) is -0.540. The molecule has 0 radical (unpaired) electrons. The summed E-state index contributed by atoms with van der Waals surface area (Å²) >= 11 is 0. The van der Waals surface area contributed by atoms with Crippen molar-refractivity contribution >= 4 is 17.8 Å². The molecule has 3 N–H and O–H groups in total. The van der Waals surface area contributed by atoms with Crippen molar-refractivity contribution in [1.82, 2.24) is 15.2 Å². The quantitative estimate of drug-likeness (QED) is 0.704. The van der Waals surface area contributed by atoms with Crippen LogP contribution in [0.1, 0.15) is 19.7 Å². The maximum atomic E-state index is 12.0. The molecule has 1 fully saturated rings. The molecule has 1 amide bonds. The van der Waals surface area contributed by atoms with E-state index in [0.29, 0.717) is 5.82 Å². The number of anilines is 1. The van der Waals surface area contributed by atoms with Crippen LogP contribution >= 0.6 is 0 Å². The van der Waals surface area contributed by atoms with Crippen LogP contribution < -0.4 is 5.32 Å². The number of ether oxygens (including phenoxy) is 1. The Hall–Kier alpha value is -1.96. The number of aromatic amines is 1. The summed E-state index contributed by atoms with van der Waals surface area (Å²) in [6.07, 6.45) is 0. The first-order valence-corrected chi connectivity index (χ1v) is 5.81. The van der Waals surface area contributed by atoms with Gasteiger partial charge in [-0.3, -0.25) is 20.0 Å². The number of H-pyrrole nitrogens is 1. The number of carbonyl (C=O) groups excluding carboxylic acids is 1. The summed E-state index contributed by atoms with van der Waals surface area (Å²) in [6.45, 7) is 3.77. The highest BCUT2D eigenvalue weighted by Crippen LogP contribution is 2.58. The first-order chi connectivity index (χ1) is 8.87. The number of carboxylic acids is 1. The van der Waals surface area contributed by atoms with Crippen LogP contribution in [-0.4, -0.2) is 39.3 Å². The normalized spacial score (nSPS) is 23.9. The molecule has 0 aromatic carbocycles. The average molecular weight is 268 g/mol. The molecular weight excluding hydrogens is 252 g/mol. The molecular formula is C11H16N4O4. The van der Waals surface area contributed by atoms with Gasteiger partial charge in [0.2, 0.25) is 11.9 Å². The first-order valence-electron chi connectivity index (χ1n) is 5.81. The maximum Gasteiger partial charge on any atom is 0.307 e. The number of methoxy groups -OCH3 is 1. The van der Waals surface area contributed by atoms with E-state index in [1.807, 2.05) is 0 Å². The SMILES string of the molecule is COCc1nc(NC(=O)[C@H]2[C@H](C(=O)O)C2(C)C)n[nH]1. The molecule has 1 heterocycles. The molecule has 104 valence electrons. The van der Waals surface area contributed by atoms with E-state index in [1.54, 1.807) is 13.8 Å². The van der Waals surface area contributed by atoms with Gasteiger partial charge in [-0.05, 0) is 5.41 Å². The van der Waals surface area contributed by atoms with Crippen molar-refractivity contribution in [2.45, 2.75) is 20.5 Å². The second-order valence-electron chi connectivity index (χ2n) is 5.14. The van der Waals surface area contributed by atoms with E-state index < -0.39 is 23.2 Å². The van der Waals surface area contributed by atoms with Crippen molar-refractivity contribution in [2.75, 3.05) is 12.4 Å². The van der Waals surface area contributed by atoms with Gasteiger partial charge in [0.15, 0.2) is 5.82 Å². The Morgan fingerprint density at radius 1 is 1.47 bits per heavy atom. The Bertz CT molecular complexity index is 511. The van der Waals surface area contributed by atoms with Crippen LogP contribution in [0.5, 0.6) is 0 Å². The molecule has 19 heavy (non-hydrogen) atoms. The predicted molar refractivity (Wildman–Crippen MR) is 64.1 cm³/mol. The molecule has 0 bridgehead atoms. The lowest BCUT2D eigenvalue weighted by Crippen LogP contribution is -2.18. The average Bonchev–Trinajstić information content (AvgIpc) is 2.65. The Kier molecular flexibility index (Phi) is 3.27. The van der Waals surface area contributed by atoms with Crippen LogP contribution in [0, 0.1) is 17.3 Å². The van der Waals surface area contributed by atoms with E-state index >= 15 is 0 Å². The molecule has 2 atom stereocenters. The highest BCUT2D eigenvalue weighted by molar-refractivity contribution is 5.98. The van der Waals surface area contributed by atoms with Gasteiger partial charge >= 0.3 is 5.97 Å². The van der Waals surface area contributed by atoms with Crippen molar-refractivity contribution in [1.29, 1.82) is 0 Å². The van der Waals surface area contributed by atoms with Crippen LogP contribution in [0.15, 0.2) is 0 Å². The second kappa shape index (κ2) is 4.61. The standard InChI is InChI=1S/C11H16N4O4/c1-11(2)6(7(11)9(17)18)8(16)13-10-12-5(4-19-3)14-15-10/h6-7H,4H2,1-3H3,(H,17,18)(H2,12,13,14,15,16)/t6-,7-/m1/s1. The lowest BCUT2D eigenvalue weighted by Gasteiger charge is -2.01. The summed E-state index contributed by atoms with van der Waals surface area (Å²) < 4.78 is 4.86. The van der Waals surface area contributed by atoms with Crippen molar-refractivity contribution in [3.05, 3.63) is 5.82 Å². The number of amides is 1. The van der Waals surface area contributed by atoms with Crippen molar-refractivity contribution in [3.8, 4) is 0 Å². The lowest BCUT2D eigenvalue weighted by molar-refractivity contribution is -0.140. The van der Waals surface area contributed by atoms with Gasteiger partial charge in [-0.1, -0.05) is 13.8 Å². The lowest BCUT2D eigenvalue weighted by atomic mass is 10.1. The van der Waals surface area contributed by atoms with Gasteiger partial charge in [0.25, 0.3) is 0 Å². The third-order valence-corrected chi connectivity index (χ3v) is 3.42. The van der Waals surface area contributed by atoms with Crippen LogP contribution in [-0.2, 0) is 20.9 Å². The van der Waals surface area contributed by atoms with Gasteiger partial charge in [-0.15, -0.1) is 5.10 Å². The summed E-state index contributed by atoms with van der Waals surface area (Å²) in [4.78, 5) is 27.0. The zero-order chi connectivity index (χ0) is 14.2. The number of hydrogen-bond acceptors (Lipinski definition) is 5. The Balaban J connectivity index is 2.00. The molecule has 8 nitrogen and oxygen atoms in total. The molecule has 0 spiro atoms. The second-order valence-corrected chi connectivity index (χ2v) is 5.14. The zero-order valence-corrected chi connectivity index (χ0v) is 10.9. The van der Waals surface area contributed by atoms with Crippen molar-refractivity contribution in [2.24, 2.45) is 17.3 Å². The summed E-state index contributed by atoms with van der Waals surface area (Å²) in [7, 11) is 1.52. The maximum absolute atomic E-state index is 12.0. The molecule has 8 heteroatoms. The van der Waals surface area contributed by atoms with Crippen molar-refractivity contribution < 1.29 is 19.4 Å². The molecule has 0 saturated heterocycles. The fourth-order valence-electron chi connectivity index (χ4n) is 2.33. The monoisotopic (exact) mass is 268 g/mol. The smallest absolute Gasteiger partial charge is 0.307 e. The minimum Gasteiger partial charge on any atom is -0.481 e. The van der Waals surface area contributed by atoms with Gasteiger partial charge in [-0.2, -0.15) is 4.98 Å². The number of carboxylic acid groups (broad SMARTS) is 1. The van der Waals surface area contributed by atoms with E-state index in [4.69, 9.17) is 9.84 Å². The molecule has 1 aliphatic rings. The van der Waals surface area contributed by atoms with Crippen LogP contribution in [0.25, 0.3) is 0 Å². The number of aromatic nitrogens is 3. The van der Waals surface area contributed by atoms with E-state index in [2.05, 4.69) is 20.5 Å². The van der Waals surface area contributed by atoms with Gasteiger partial charge < -0.3 is 9.84 Å². The summed E-state index contributed by atoms with van der Waals surface area (Å²) in [6, 6.07) is 0. The molecule has 1 saturated carbocycles. The van der Waals surface area contributed by atoms with Crippen LogP contribution in [0.2, 0.25) is 0 Å². The third-order valence-electron chi connectivity index (χ3n) is 3.42. The fourth-order valence-corrected chi connectivity index (χ4v) is 2.33. The highest BCUT2D eigenvalue weighted by atomic mass is 16.5. The molecule has 2 rings (SSSR count). The first kappa shape index (κ1) is 13.5. The molecule has 0 unspecified atom stereocenters.